The number of aryl methyl sites for hydroxylation is 2. The molecule has 3 rings (SSSR count). The first-order valence-electron chi connectivity index (χ1n) is 6.10. The van der Waals surface area contributed by atoms with Crippen molar-refractivity contribution in [2.75, 3.05) is 5.88 Å². The molecule has 98 valence electrons. The summed E-state index contributed by atoms with van der Waals surface area (Å²) in [5, 5.41) is 4.20. The number of aromatic nitrogens is 5. The first-order chi connectivity index (χ1) is 9.28. The van der Waals surface area contributed by atoms with Crippen molar-refractivity contribution >= 4 is 22.6 Å². The van der Waals surface area contributed by atoms with Crippen LogP contribution >= 0.6 is 11.6 Å². The van der Waals surface area contributed by atoms with Crippen molar-refractivity contribution in [2.24, 2.45) is 7.05 Å². The monoisotopic (exact) mass is 275 g/mol. The number of fused-ring (bicyclic) bond motifs is 1. The molecule has 0 amide bonds. The topological polar surface area (TPSA) is 48.5 Å². The Kier molecular flexibility index (Phi) is 3.21. The molecule has 0 radical (unpaired) electrons. The SMILES string of the molecule is Cn1cc(Cn2c(CCCl)nc3cnccc32)cn1. The molecule has 0 saturated carbocycles. The minimum atomic E-state index is 0.559. The molecule has 0 aliphatic rings. The molecule has 3 aromatic rings. The van der Waals surface area contributed by atoms with Gasteiger partial charge in [0, 0.05) is 37.3 Å². The Hall–Kier alpha value is -1.88. The number of nitrogens with zero attached hydrogens (tertiary/aromatic N) is 5. The first kappa shape index (κ1) is 12.2. The lowest BCUT2D eigenvalue weighted by Crippen LogP contribution is -2.05. The highest BCUT2D eigenvalue weighted by Crippen LogP contribution is 2.17. The maximum atomic E-state index is 5.86. The summed E-state index contributed by atoms with van der Waals surface area (Å²) in [5.74, 6) is 1.55. The van der Waals surface area contributed by atoms with Crippen LogP contribution in [0.3, 0.4) is 0 Å². The van der Waals surface area contributed by atoms with Gasteiger partial charge >= 0.3 is 0 Å². The second-order valence-corrected chi connectivity index (χ2v) is 4.82. The Morgan fingerprint density at radius 1 is 1.32 bits per heavy atom. The van der Waals surface area contributed by atoms with Gasteiger partial charge in [-0.15, -0.1) is 11.6 Å². The Bertz CT molecular complexity index is 700. The number of rotatable bonds is 4. The van der Waals surface area contributed by atoms with Crippen molar-refractivity contribution in [3.05, 3.63) is 42.2 Å². The second kappa shape index (κ2) is 5.01. The van der Waals surface area contributed by atoms with Gasteiger partial charge in [0.05, 0.1) is 24.5 Å². The Labute approximate surface area is 115 Å². The fraction of sp³-hybridized carbons (Fsp3) is 0.308. The molecule has 0 aromatic carbocycles. The predicted molar refractivity (Wildman–Crippen MR) is 74.3 cm³/mol. The van der Waals surface area contributed by atoms with Crippen molar-refractivity contribution < 1.29 is 0 Å². The highest BCUT2D eigenvalue weighted by Gasteiger charge is 2.11. The zero-order chi connectivity index (χ0) is 13.2. The summed E-state index contributed by atoms with van der Waals surface area (Å²) < 4.78 is 3.98. The van der Waals surface area contributed by atoms with Crippen LogP contribution in [0.1, 0.15) is 11.4 Å². The molecule has 0 N–H and O–H groups in total. The van der Waals surface area contributed by atoms with E-state index in [2.05, 4.69) is 19.6 Å². The zero-order valence-corrected chi connectivity index (χ0v) is 11.4. The number of halogens is 1. The minimum absolute atomic E-state index is 0.559. The van der Waals surface area contributed by atoms with Crippen LogP contribution in [-0.4, -0.2) is 30.2 Å². The quantitative estimate of drug-likeness (QED) is 0.684. The number of imidazole rings is 1. The summed E-state index contributed by atoms with van der Waals surface area (Å²) in [5.41, 5.74) is 3.14. The van der Waals surface area contributed by atoms with Crippen molar-refractivity contribution in [3.63, 3.8) is 0 Å². The molecule has 3 aromatic heterocycles. The average Bonchev–Trinajstić information content (AvgIpc) is 2.96. The summed E-state index contributed by atoms with van der Waals surface area (Å²) >= 11 is 5.86. The van der Waals surface area contributed by atoms with Gasteiger partial charge in [-0.3, -0.25) is 9.67 Å². The smallest absolute Gasteiger partial charge is 0.111 e. The van der Waals surface area contributed by atoms with Gasteiger partial charge in [0.15, 0.2) is 0 Å². The summed E-state index contributed by atoms with van der Waals surface area (Å²) in [6.45, 7) is 0.751. The summed E-state index contributed by atoms with van der Waals surface area (Å²) in [6.07, 6.45) is 8.20. The molecule has 0 spiro atoms. The van der Waals surface area contributed by atoms with E-state index >= 15 is 0 Å². The summed E-state index contributed by atoms with van der Waals surface area (Å²) in [7, 11) is 1.92. The summed E-state index contributed by atoms with van der Waals surface area (Å²) in [6, 6.07) is 1.98. The van der Waals surface area contributed by atoms with Gasteiger partial charge in [0.25, 0.3) is 0 Å². The molecule has 3 heterocycles. The van der Waals surface area contributed by atoms with E-state index in [0.29, 0.717) is 5.88 Å². The van der Waals surface area contributed by atoms with E-state index in [1.165, 1.54) is 0 Å². The van der Waals surface area contributed by atoms with Gasteiger partial charge in [-0.2, -0.15) is 5.10 Å². The Morgan fingerprint density at radius 3 is 2.95 bits per heavy atom. The molecular formula is C13H14ClN5. The molecule has 5 nitrogen and oxygen atoms in total. The van der Waals surface area contributed by atoms with Crippen molar-refractivity contribution in [1.29, 1.82) is 0 Å². The van der Waals surface area contributed by atoms with Gasteiger partial charge in [0.2, 0.25) is 0 Å². The number of alkyl halides is 1. The van der Waals surface area contributed by atoms with Crippen LogP contribution in [0, 0.1) is 0 Å². The van der Waals surface area contributed by atoms with Gasteiger partial charge in [-0.25, -0.2) is 4.98 Å². The maximum Gasteiger partial charge on any atom is 0.111 e. The second-order valence-electron chi connectivity index (χ2n) is 4.44. The third-order valence-electron chi connectivity index (χ3n) is 3.05. The lowest BCUT2D eigenvalue weighted by molar-refractivity contribution is 0.747. The average molecular weight is 276 g/mol. The van der Waals surface area contributed by atoms with E-state index in [-0.39, 0.29) is 0 Å². The van der Waals surface area contributed by atoms with Gasteiger partial charge < -0.3 is 4.57 Å². The van der Waals surface area contributed by atoms with Crippen LogP contribution in [0.25, 0.3) is 11.0 Å². The molecule has 6 heteroatoms. The zero-order valence-electron chi connectivity index (χ0n) is 10.6. The van der Waals surface area contributed by atoms with Crippen LogP contribution in [0.2, 0.25) is 0 Å². The lowest BCUT2D eigenvalue weighted by Gasteiger charge is -2.06. The van der Waals surface area contributed by atoms with Crippen LogP contribution < -0.4 is 0 Å². The molecule has 0 fully saturated rings. The summed E-state index contributed by atoms with van der Waals surface area (Å²) in [4.78, 5) is 8.71. The largest absolute Gasteiger partial charge is 0.323 e. The maximum absolute atomic E-state index is 5.86. The van der Waals surface area contributed by atoms with Crippen LogP contribution in [-0.2, 0) is 20.0 Å². The van der Waals surface area contributed by atoms with E-state index in [1.807, 2.05) is 25.5 Å². The van der Waals surface area contributed by atoms with Crippen LogP contribution in [0.4, 0.5) is 0 Å². The van der Waals surface area contributed by atoms with Crippen LogP contribution in [0.15, 0.2) is 30.9 Å². The van der Waals surface area contributed by atoms with Crippen molar-refractivity contribution in [1.82, 2.24) is 24.3 Å². The minimum Gasteiger partial charge on any atom is -0.323 e. The van der Waals surface area contributed by atoms with Gasteiger partial charge in [-0.1, -0.05) is 0 Å². The third kappa shape index (κ3) is 2.33. The lowest BCUT2D eigenvalue weighted by atomic mass is 10.3. The molecule has 0 unspecified atom stereocenters. The standard InChI is InChI=1S/C13H14ClN5/c1-18-8-10(6-16-18)9-19-12-3-5-15-7-11(12)17-13(19)2-4-14/h3,5-8H,2,4,9H2,1H3. The fourth-order valence-corrected chi connectivity index (χ4v) is 2.39. The van der Waals surface area contributed by atoms with E-state index in [4.69, 9.17) is 11.6 Å². The molecular weight excluding hydrogens is 262 g/mol. The normalized spacial score (nSPS) is 11.3. The Morgan fingerprint density at radius 2 is 2.21 bits per heavy atom. The first-order valence-corrected chi connectivity index (χ1v) is 6.64. The third-order valence-corrected chi connectivity index (χ3v) is 3.24. The predicted octanol–water partition coefficient (Wildman–Crippen LogP) is 1.99. The molecule has 0 atom stereocenters. The molecule has 19 heavy (non-hydrogen) atoms. The van der Waals surface area contributed by atoms with Gasteiger partial charge in [0.1, 0.15) is 11.3 Å². The highest BCUT2D eigenvalue weighted by atomic mass is 35.5. The molecule has 0 aliphatic carbocycles. The number of hydrogen-bond donors (Lipinski definition) is 0. The van der Waals surface area contributed by atoms with E-state index in [9.17, 15) is 0 Å². The number of hydrogen-bond acceptors (Lipinski definition) is 3. The number of pyridine rings is 1. The fourth-order valence-electron chi connectivity index (χ4n) is 2.22. The van der Waals surface area contributed by atoms with E-state index < -0.39 is 0 Å². The van der Waals surface area contributed by atoms with Crippen molar-refractivity contribution in [3.8, 4) is 0 Å². The highest BCUT2D eigenvalue weighted by molar-refractivity contribution is 6.17. The van der Waals surface area contributed by atoms with E-state index in [1.54, 1.807) is 17.1 Å². The van der Waals surface area contributed by atoms with Crippen molar-refractivity contribution in [2.45, 2.75) is 13.0 Å². The molecule has 0 bridgehead atoms. The molecule has 0 aliphatic heterocycles. The molecule has 0 saturated heterocycles. The van der Waals surface area contributed by atoms with Crippen LogP contribution in [0.5, 0.6) is 0 Å². The van der Waals surface area contributed by atoms with Gasteiger partial charge in [-0.05, 0) is 6.07 Å². The Balaban J connectivity index is 2.06. The van der Waals surface area contributed by atoms with E-state index in [0.717, 1.165) is 35.4 Å².